The molecule has 0 amide bonds. The van der Waals surface area contributed by atoms with E-state index in [1.165, 1.54) is 22.1 Å². The minimum Gasteiger partial charge on any atom is -0.144 e. The van der Waals surface area contributed by atoms with Crippen molar-refractivity contribution in [1.82, 2.24) is 0 Å². The molecule has 0 aliphatic heterocycles. The van der Waals surface area contributed by atoms with E-state index in [0.29, 0.717) is 10.2 Å². The average molecular weight is 311 g/mol. The van der Waals surface area contributed by atoms with E-state index in [1.807, 2.05) is 11.3 Å². The lowest BCUT2D eigenvalue weighted by Gasteiger charge is -2.25. The van der Waals surface area contributed by atoms with Crippen molar-refractivity contribution in [3.63, 3.8) is 0 Å². The van der Waals surface area contributed by atoms with Crippen LogP contribution in [0.25, 0.3) is 10.1 Å². The van der Waals surface area contributed by atoms with Gasteiger partial charge in [-0.2, -0.15) is 0 Å². The van der Waals surface area contributed by atoms with Crippen LogP contribution in [-0.2, 0) is 6.42 Å². The van der Waals surface area contributed by atoms with Gasteiger partial charge in [0.2, 0.25) is 0 Å². The van der Waals surface area contributed by atoms with E-state index < -0.39 is 0 Å². The first kappa shape index (κ1) is 13.1. The molecule has 0 saturated carbocycles. The molecule has 0 bridgehead atoms. The topological polar surface area (TPSA) is 0 Å². The first-order chi connectivity index (χ1) is 7.98. The SMILES string of the molecule is CC(C)(C)C(Br)CCc1csc2ccccc12. The van der Waals surface area contributed by atoms with Crippen molar-refractivity contribution >= 4 is 37.4 Å². The zero-order valence-corrected chi connectivity index (χ0v) is 13.1. The number of thiophene rings is 1. The molecule has 2 heteroatoms. The molecule has 0 spiro atoms. The maximum Gasteiger partial charge on any atom is 0.0345 e. The number of hydrogen-bond acceptors (Lipinski definition) is 1. The predicted octanol–water partition coefficient (Wildman–Crippen LogP) is 5.64. The third-order valence-electron chi connectivity index (χ3n) is 3.17. The summed E-state index contributed by atoms with van der Waals surface area (Å²) in [6, 6.07) is 8.69. The maximum atomic E-state index is 3.81. The molecule has 0 aliphatic carbocycles. The number of halogens is 1. The van der Waals surface area contributed by atoms with Crippen LogP contribution in [-0.4, -0.2) is 4.83 Å². The van der Waals surface area contributed by atoms with Crippen molar-refractivity contribution in [3.05, 3.63) is 35.2 Å². The van der Waals surface area contributed by atoms with Crippen molar-refractivity contribution < 1.29 is 0 Å². The Kier molecular flexibility index (Phi) is 3.94. The first-order valence-corrected chi connectivity index (χ1v) is 7.87. The third kappa shape index (κ3) is 3.11. The van der Waals surface area contributed by atoms with Crippen molar-refractivity contribution in [2.45, 2.75) is 38.4 Å². The van der Waals surface area contributed by atoms with Gasteiger partial charge in [0.25, 0.3) is 0 Å². The molecule has 0 saturated heterocycles. The summed E-state index contributed by atoms with van der Waals surface area (Å²) in [5.41, 5.74) is 1.84. The smallest absolute Gasteiger partial charge is 0.0345 e. The van der Waals surface area contributed by atoms with Crippen LogP contribution in [0.4, 0.5) is 0 Å². The van der Waals surface area contributed by atoms with E-state index in [0.717, 1.165) is 6.42 Å². The van der Waals surface area contributed by atoms with Gasteiger partial charge in [0.15, 0.2) is 0 Å². The molecular weight excluding hydrogens is 292 g/mol. The molecule has 17 heavy (non-hydrogen) atoms. The molecule has 0 nitrogen and oxygen atoms in total. The van der Waals surface area contributed by atoms with Gasteiger partial charge < -0.3 is 0 Å². The predicted molar refractivity (Wildman–Crippen MR) is 82.3 cm³/mol. The summed E-state index contributed by atoms with van der Waals surface area (Å²) < 4.78 is 1.41. The molecule has 2 aromatic rings. The second kappa shape index (κ2) is 5.11. The number of hydrogen-bond donors (Lipinski definition) is 0. The van der Waals surface area contributed by atoms with Crippen LogP contribution < -0.4 is 0 Å². The van der Waals surface area contributed by atoms with E-state index in [2.05, 4.69) is 66.3 Å². The lowest BCUT2D eigenvalue weighted by Crippen LogP contribution is -2.20. The Morgan fingerprint density at radius 2 is 1.94 bits per heavy atom. The average Bonchev–Trinajstić information content (AvgIpc) is 2.68. The van der Waals surface area contributed by atoms with Gasteiger partial charge in [0.1, 0.15) is 0 Å². The van der Waals surface area contributed by atoms with E-state index >= 15 is 0 Å². The van der Waals surface area contributed by atoms with Crippen molar-refractivity contribution in [2.75, 3.05) is 0 Å². The highest BCUT2D eigenvalue weighted by atomic mass is 79.9. The van der Waals surface area contributed by atoms with E-state index in [4.69, 9.17) is 0 Å². The first-order valence-electron chi connectivity index (χ1n) is 6.07. The van der Waals surface area contributed by atoms with Gasteiger partial charge in [-0.05, 0) is 40.7 Å². The van der Waals surface area contributed by atoms with Crippen LogP contribution in [0, 0.1) is 5.41 Å². The second-order valence-electron chi connectivity index (χ2n) is 5.63. The van der Waals surface area contributed by atoms with Crippen LogP contribution in [0.15, 0.2) is 29.6 Å². The lowest BCUT2D eigenvalue weighted by molar-refractivity contribution is 0.386. The second-order valence-corrected chi connectivity index (χ2v) is 7.65. The number of rotatable bonds is 3. The molecular formula is C15H19BrS. The monoisotopic (exact) mass is 310 g/mol. The summed E-state index contributed by atoms with van der Waals surface area (Å²) in [6.45, 7) is 6.87. The standard InChI is InChI=1S/C15H19BrS/c1-15(2,3)14(16)9-8-11-10-17-13-7-5-4-6-12(11)13/h4-7,10,14H,8-9H2,1-3H3. The fourth-order valence-corrected chi connectivity index (χ4v) is 3.17. The molecule has 1 aromatic carbocycles. The van der Waals surface area contributed by atoms with Crippen LogP contribution >= 0.6 is 27.3 Å². The number of alkyl halides is 1. The molecule has 0 radical (unpaired) electrons. The summed E-state index contributed by atoms with van der Waals surface area (Å²) in [4.78, 5) is 0.577. The minimum atomic E-state index is 0.339. The summed E-state index contributed by atoms with van der Waals surface area (Å²) in [7, 11) is 0. The molecule has 92 valence electrons. The number of benzene rings is 1. The van der Waals surface area contributed by atoms with Gasteiger partial charge in [0, 0.05) is 9.53 Å². The van der Waals surface area contributed by atoms with Crippen LogP contribution in [0.3, 0.4) is 0 Å². The highest BCUT2D eigenvalue weighted by molar-refractivity contribution is 9.09. The Hall–Kier alpha value is -0.340. The van der Waals surface area contributed by atoms with Gasteiger partial charge >= 0.3 is 0 Å². The summed E-state index contributed by atoms with van der Waals surface area (Å²) in [5, 5.41) is 3.75. The summed E-state index contributed by atoms with van der Waals surface area (Å²) in [6.07, 6.45) is 2.36. The molecule has 1 heterocycles. The van der Waals surface area contributed by atoms with Gasteiger partial charge in [-0.1, -0.05) is 54.9 Å². The van der Waals surface area contributed by atoms with Crippen LogP contribution in [0.5, 0.6) is 0 Å². The molecule has 1 aromatic heterocycles. The molecule has 1 unspecified atom stereocenters. The van der Waals surface area contributed by atoms with Crippen LogP contribution in [0.1, 0.15) is 32.8 Å². The maximum absolute atomic E-state index is 3.81. The fraction of sp³-hybridized carbons (Fsp3) is 0.467. The van der Waals surface area contributed by atoms with E-state index in [-0.39, 0.29) is 0 Å². The van der Waals surface area contributed by atoms with Gasteiger partial charge in [0.05, 0.1) is 0 Å². The molecule has 0 aliphatic rings. The Balaban J connectivity index is 2.09. The molecule has 0 N–H and O–H groups in total. The fourth-order valence-electron chi connectivity index (χ4n) is 1.94. The normalized spacial score (nSPS) is 14.1. The highest BCUT2D eigenvalue weighted by Gasteiger charge is 2.21. The lowest BCUT2D eigenvalue weighted by atomic mass is 9.89. The number of aryl methyl sites for hydroxylation is 1. The minimum absolute atomic E-state index is 0.339. The third-order valence-corrected chi connectivity index (χ3v) is 6.01. The zero-order chi connectivity index (χ0) is 12.5. The van der Waals surface area contributed by atoms with Gasteiger partial charge in [-0.25, -0.2) is 0 Å². The quantitative estimate of drug-likeness (QED) is 0.643. The van der Waals surface area contributed by atoms with Gasteiger partial charge in [-0.15, -0.1) is 11.3 Å². The van der Waals surface area contributed by atoms with Gasteiger partial charge in [-0.3, -0.25) is 0 Å². The van der Waals surface area contributed by atoms with E-state index in [9.17, 15) is 0 Å². The Bertz CT molecular complexity index is 493. The highest BCUT2D eigenvalue weighted by Crippen LogP contribution is 2.32. The van der Waals surface area contributed by atoms with Crippen molar-refractivity contribution in [3.8, 4) is 0 Å². The molecule has 1 atom stereocenters. The van der Waals surface area contributed by atoms with E-state index in [1.54, 1.807) is 0 Å². The zero-order valence-electron chi connectivity index (χ0n) is 10.7. The largest absolute Gasteiger partial charge is 0.144 e. The Labute approximate surface area is 116 Å². The molecule has 0 fully saturated rings. The van der Waals surface area contributed by atoms with Crippen molar-refractivity contribution in [1.29, 1.82) is 0 Å². The van der Waals surface area contributed by atoms with Crippen LogP contribution in [0.2, 0.25) is 0 Å². The van der Waals surface area contributed by atoms with Crippen molar-refractivity contribution in [2.24, 2.45) is 5.41 Å². The molecule has 2 rings (SSSR count). The Morgan fingerprint density at radius 3 is 2.65 bits per heavy atom. The summed E-state index contributed by atoms with van der Waals surface area (Å²) in [5.74, 6) is 0. The summed E-state index contributed by atoms with van der Waals surface area (Å²) >= 11 is 5.67. The Morgan fingerprint density at radius 1 is 1.24 bits per heavy atom. The number of fused-ring (bicyclic) bond motifs is 1.